The Hall–Kier alpha value is -3.51. The Balaban J connectivity index is 1.27. The molecule has 0 radical (unpaired) electrons. The zero-order valence-corrected chi connectivity index (χ0v) is 21.0. The van der Waals surface area contributed by atoms with Gasteiger partial charge in [0.05, 0.1) is 33.4 Å². The van der Waals surface area contributed by atoms with E-state index in [1.807, 2.05) is 18.2 Å². The monoisotopic (exact) mass is 488 g/mol. The van der Waals surface area contributed by atoms with Gasteiger partial charge in [-0.2, -0.15) is 0 Å². The van der Waals surface area contributed by atoms with E-state index < -0.39 is 0 Å². The smallest absolute Gasteiger partial charge is 0.306 e. The third kappa shape index (κ3) is 5.34. The summed E-state index contributed by atoms with van der Waals surface area (Å²) in [5.74, 6) is 2.20. The van der Waals surface area contributed by atoms with Crippen LogP contribution in [0.5, 0.6) is 17.2 Å². The molecule has 2 heterocycles. The van der Waals surface area contributed by atoms with Crippen LogP contribution >= 0.6 is 0 Å². The van der Waals surface area contributed by atoms with Crippen LogP contribution in [0.4, 0.5) is 0 Å². The van der Waals surface area contributed by atoms with Crippen LogP contribution in [0, 0.1) is 13.8 Å². The molecule has 0 amide bonds. The Morgan fingerprint density at radius 1 is 1.00 bits per heavy atom. The van der Waals surface area contributed by atoms with Gasteiger partial charge < -0.3 is 23.7 Å². The number of ether oxygens (including phenoxy) is 5. The number of carbonyl (C=O) groups excluding carboxylic acids is 1. The average molecular weight is 489 g/mol. The summed E-state index contributed by atoms with van der Waals surface area (Å²) >= 11 is 0. The van der Waals surface area contributed by atoms with Crippen LogP contribution in [-0.2, 0) is 20.9 Å². The van der Waals surface area contributed by atoms with Gasteiger partial charge in [-0.3, -0.25) is 4.79 Å². The van der Waals surface area contributed by atoms with Gasteiger partial charge in [0, 0.05) is 24.0 Å². The number of esters is 1. The second kappa shape index (κ2) is 10.6. The number of benzene rings is 3. The molecular weight excluding hydrogens is 456 g/mol. The second-order valence-corrected chi connectivity index (χ2v) is 9.51. The third-order valence-corrected chi connectivity index (χ3v) is 6.82. The van der Waals surface area contributed by atoms with Gasteiger partial charge in [0.15, 0.2) is 0 Å². The van der Waals surface area contributed by atoms with E-state index in [2.05, 4.69) is 50.2 Å². The predicted octanol–water partition coefficient (Wildman–Crippen LogP) is 5.76. The van der Waals surface area contributed by atoms with Crippen LogP contribution in [0.15, 0.2) is 54.6 Å². The summed E-state index contributed by atoms with van der Waals surface area (Å²) in [5.41, 5.74) is 6.84. The highest BCUT2D eigenvalue weighted by atomic mass is 16.5. The van der Waals surface area contributed by atoms with E-state index in [9.17, 15) is 4.79 Å². The third-order valence-electron chi connectivity index (χ3n) is 6.82. The Labute approximate surface area is 212 Å². The topological polar surface area (TPSA) is 63.2 Å². The maximum Gasteiger partial charge on any atom is 0.306 e. The van der Waals surface area contributed by atoms with Crippen molar-refractivity contribution in [1.29, 1.82) is 0 Å². The Kier molecular flexibility index (Phi) is 7.14. The SMILES string of the molecule is COC(=O)C[C@@H]1COc2cc(OCc3cccc(-c4c(C)cc(O[C@H]5CCOC5)cc4C)c3)ccc21. The Morgan fingerprint density at radius 3 is 2.58 bits per heavy atom. The van der Waals surface area contributed by atoms with Crippen LogP contribution in [0.2, 0.25) is 0 Å². The van der Waals surface area contributed by atoms with Crippen LogP contribution in [0.3, 0.4) is 0 Å². The molecule has 0 unspecified atom stereocenters. The van der Waals surface area contributed by atoms with Crippen LogP contribution < -0.4 is 14.2 Å². The number of rotatable bonds is 8. The van der Waals surface area contributed by atoms with Crippen molar-refractivity contribution in [2.24, 2.45) is 0 Å². The molecular formula is C30H32O6. The molecule has 2 atom stereocenters. The molecule has 36 heavy (non-hydrogen) atoms. The number of methoxy groups -OCH3 is 1. The lowest BCUT2D eigenvalue weighted by Gasteiger charge is -2.17. The fraction of sp³-hybridized carbons (Fsp3) is 0.367. The molecule has 0 spiro atoms. The summed E-state index contributed by atoms with van der Waals surface area (Å²) in [4.78, 5) is 11.6. The summed E-state index contributed by atoms with van der Waals surface area (Å²) in [7, 11) is 1.41. The van der Waals surface area contributed by atoms with Gasteiger partial charge in [-0.05, 0) is 65.9 Å². The van der Waals surface area contributed by atoms with E-state index in [0.29, 0.717) is 26.2 Å². The lowest BCUT2D eigenvalue weighted by Crippen LogP contribution is -2.15. The summed E-state index contributed by atoms with van der Waals surface area (Å²) < 4.78 is 28.3. The second-order valence-electron chi connectivity index (χ2n) is 9.51. The minimum Gasteiger partial charge on any atom is -0.492 e. The van der Waals surface area contributed by atoms with Gasteiger partial charge in [-0.25, -0.2) is 0 Å². The van der Waals surface area contributed by atoms with E-state index in [-0.39, 0.29) is 18.0 Å². The molecule has 188 valence electrons. The number of carbonyl (C=O) groups is 1. The molecule has 2 aliphatic rings. The van der Waals surface area contributed by atoms with Gasteiger partial charge in [0.1, 0.15) is 30.0 Å². The normalized spacial score (nSPS) is 18.4. The minimum atomic E-state index is -0.229. The molecule has 0 N–H and O–H groups in total. The molecule has 3 aromatic carbocycles. The van der Waals surface area contributed by atoms with E-state index >= 15 is 0 Å². The first-order chi connectivity index (χ1) is 17.5. The maximum absolute atomic E-state index is 11.6. The molecule has 1 fully saturated rings. The molecule has 0 aliphatic carbocycles. The molecule has 0 saturated carbocycles. The Bertz CT molecular complexity index is 1220. The summed E-state index contributed by atoms with van der Waals surface area (Å²) in [6, 6.07) is 18.5. The van der Waals surface area contributed by atoms with Crippen molar-refractivity contribution >= 4 is 5.97 Å². The number of aryl methyl sites for hydroxylation is 2. The molecule has 0 aromatic heterocycles. The highest BCUT2D eigenvalue weighted by Crippen LogP contribution is 2.39. The van der Waals surface area contributed by atoms with E-state index in [4.69, 9.17) is 23.7 Å². The molecule has 3 aromatic rings. The average Bonchev–Trinajstić information content (AvgIpc) is 3.52. The largest absolute Gasteiger partial charge is 0.492 e. The molecule has 2 aliphatic heterocycles. The minimum absolute atomic E-state index is 0.0212. The first kappa shape index (κ1) is 24.2. The predicted molar refractivity (Wildman–Crippen MR) is 137 cm³/mol. The Morgan fingerprint density at radius 2 is 1.83 bits per heavy atom. The zero-order chi connectivity index (χ0) is 25.1. The fourth-order valence-electron chi connectivity index (χ4n) is 5.03. The lowest BCUT2D eigenvalue weighted by atomic mass is 9.94. The first-order valence-corrected chi connectivity index (χ1v) is 12.4. The first-order valence-electron chi connectivity index (χ1n) is 12.4. The van der Waals surface area contributed by atoms with E-state index in [1.165, 1.54) is 23.8 Å². The molecule has 5 rings (SSSR count). The molecule has 6 heteroatoms. The van der Waals surface area contributed by atoms with Crippen molar-refractivity contribution in [3.8, 4) is 28.4 Å². The fourth-order valence-corrected chi connectivity index (χ4v) is 5.03. The van der Waals surface area contributed by atoms with Crippen molar-refractivity contribution in [1.82, 2.24) is 0 Å². The van der Waals surface area contributed by atoms with Crippen molar-refractivity contribution in [2.75, 3.05) is 26.9 Å². The van der Waals surface area contributed by atoms with Crippen LogP contribution in [0.1, 0.15) is 41.0 Å². The van der Waals surface area contributed by atoms with Crippen LogP contribution in [-0.4, -0.2) is 39.0 Å². The number of hydrogen-bond donors (Lipinski definition) is 0. The summed E-state index contributed by atoms with van der Waals surface area (Å²) in [6.45, 7) is 6.60. The summed E-state index contributed by atoms with van der Waals surface area (Å²) in [5, 5.41) is 0. The summed E-state index contributed by atoms with van der Waals surface area (Å²) in [6.07, 6.45) is 1.39. The van der Waals surface area contributed by atoms with Gasteiger partial charge in [-0.1, -0.05) is 24.3 Å². The van der Waals surface area contributed by atoms with E-state index in [0.717, 1.165) is 47.0 Å². The van der Waals surface area contributed by atoms with Crippen molar-refractivity contribution in [3.63, 3.8) is 0 Å². The van der Waals surface area contributed by atoms with Gasteiger partial charge in [-0.15, -0.1) is 0 Å². The van der Waals surface area contributed by atoms with Crippen LogP contribution in [0.25, 0.3) is 11.1 Å². The highest BCUT2D eigenvalue weighted by Gasteiger charge is 2.27. The number of fused-ring (bicyclic) bond motifs is 1. The van der Waals surface area contributed by atoms with Crippen molar-refractivity contribution in [2.45, 2.75) is 45.3 Å². The van der Waals surface area contributed by atoms with E-state index in [1.54, 1.807) is 0 Å². The highest BCUT2D eigenvalue weighted by molar-refractivity contribution is 5.72. The van der Waals surface area contributed by atoms with Gasteiger partial charge >= 0.3 is 5.97 Å². The molecule has 0 bridgehead atoms. The van der Waals surface area contributed by atoms with Gasteiger partial charge in [0.2, 0.25) is 0 Å². The lowest BCUT2D eigenvalue weighted by molar-refractivity contribution is -0.141. The molecule has 6 nitrogen and oxygen atoms in total. The number of hydrogen-bond acceptors (Lipinski definition) is 6. The molecule has 1 saturated heterocycles. The zero-order valence-electron chi connectivity index (χ0n) is 21.0. The maximum atomic E-state index is 11.6. The van der Waals surface area contributed by atoms with Gasteiger partial charge in [0.25, 0.3) is 0 Å². The standard InChI is InChI=1S/C30H32O6/c1-19-11-26(36-25-9-10-33-18-25)12-20(2)30(19)22-6-4-5-21(13-22)16-34-24-7-8-27-23(14-29(31)32-3)17-35-28(27)15-24/h4-8,11-13,15,23,25H,9-10,14,16-18H2,1-3H3/t23-,25+/m1/s1. The van der Waals surface area contributed by atoms with Crippen molar-refractivity contribution in [3.05, 3.63) is 76.9 Å². The van der Waals surface area contributed by atoms with Crippen molar-refractivity contribution < 1.29 is 28.5 Å². The quantitative estimate of drug-likeness (QED) is 0.376.